The maximum atomic E-state index is 12.3. The first kappa shape index (κ1) is 20.9. The third-order valence-electron chi connectivity index (χ3n) is 3.44. The van der Waals surface area contributed by atoms with Crippen molar-refractivity contribution in [2.24, 2.45) is 0 Å². The maximum Gasteiger partial charge on any atom is 0.326 e. The van der Waals surface area contributed by atoms with Gasteiger partial charge in [-0.05, 0) is 40.2 Å². The predicted molar refractivity (Wildman–Crippen MR) is 93.8 cm³/mol. The highest BCUT2D eigenvalue weighted by atomic mass is 16.5. The molecule has 0 fully saturated rings. The molecule has 2 atom stereocenters. The molecule has 0 bridgehead atoms. The smallest absolute Gasteiger partial charge is 0.326 e. The Morgan fingerprint density at radius 2 is 2.04 bits per heavy atom. The van der Waals surface area contributed by atoms with Crippen molar-refractivity contribution in [3.05, 3.63) is 23.9 Å². The number of hydrogen-bond acceptors (Lipinski definition) is 5. The number of carbonyl (C=O) groups is 2. The third-order valence-corrected chi connectivity index (χ3v) is 3.44. The van der Waals surface area contributed by atoms with Crippen molar-refractivity contribution in [2.45, 2.75) is 65.2 Å². The van der Waals surface area contributed by atoms with E-state index >= 15 is 0 Å². The lowest BCUT2D eigenvalue weighted by molar-refractivity contribution is -0.140. The van der Waals surface area contributed by atoms with E-state index in [4.69, 9.17) is 9.47 Å². The highest BCUT2D eigenvalue weighted by Gasteiger charge is 2.22. The van der Waals surface area contributed by atoms with E-state index in [1.807, 2.05) is 34.6 Å². The molecule has 140 valence electrons. The Kier molecular flexibility index (Phi) is 7.83. The van der Waals surface area contributed by atoms with Crippen LogP contribution in [0.3, 0.4) is 0 Å². The number of carboxylic acid groups (broad SMARTS) is 1. The number of aliphatic carboxylic acids is 1. The summed E-state index contributed by atoms with van der Waals surface area (Å²) in [6.45, 7) is 9.79. The fourth-order valence-corrected chi connectivity index (χ4v) is 1.89. The van der Waals surface area contributed by atoms with Gasteiger partial charge in [-0.1, -0.05) is 6.92 Å². The number of aromatic nitrogens is 1. The number of pyridine rings is 1. The summed E-state index contributed by atoms with van der Waals surface area (Å²) >= 11 is 0. The van der Waals surface area contributed by atoms with Crippen LogP contribution in [0.15, 0.2) is 18.3 Å². The summed E-state index contributed by atoms with van der Waals surface area (Å²) in [6, 6.07) is 2.00. The molecular formula is C18H28N2O5. The molecule has 0 saturated heterocycles. The average molecular weight is 352 g/mol. The molecule has 0 aromatic carbocycles. The summed E-state index contributed by atoms with van der Waals surface area (Å²) in [5, 5.41) is 11.8. The Morgan fingerprint density at radius 3 is 2.60 bits per heavy atom. The number of hydrogen-bond donors (Lipinski definition) is 2. The van der Waals surface area contributed by atoms with Crippen LogP contribution in [0.5, 0.6) is 5.88 Å². The molecular weight excluding hydrogens is 324 g/mol. The van der Waals surface area contributed by atoms with Crippen LogP contribution < -0.4 is 10.1 Å². The number of carboxylic acids is 1. The Bertz CT molecular complexity index is 583. The molecule has 0 radical (unpaired) electrons. The van der Waals surface area contributed by atoms with Crippen LogP contribution in [0, 0.1) is 0 Å². The van der Waals surface area contributed by atoms with Crippen LogP contribution >= 0.6 is 0 Å². The SMILES string of the molecule is CCC(C)Oc1cc(C(=O)NC(CCOC(C)(C)C)C(=O)O)ccn1. The van der Waals surface area contributed by atoms with E-state index in [1.54, 1.807) is 0 Å². The first-order valence-corrected chi connectivity index (χ1v) is 8.42. The van der Waals surface area contributed by atoms with Gasteiger partial charge < -0.3 is 19.9 Å². The molecule has 0 saturated carbocycles. The molecule has 7 nitrogen and oxygen atoms in total. The van der Waals surface area contributed by atoms with Gasteiger partial charge in [0.2, 0.25) is 5.88 Å². The summed E-state index contributed by atoms with van der Waals surface area (Å²) in [6.07, 6.45) is 2.43. The van der Waals surface area contributed by atoms with Crippen molar-refractivity contribution >= 4 is 11.9 Å². The molecule has 1 rings (SSSR count). The van der Waals surface area contributed by atoms with Crippen LogP contribution in [0.4, 0.5) is 0 Å². The van der Waals surface area contributed by atoms with Crippen molar-refractivity contribution < 1.29 is 24.2 Å². The third kappa shape index (κ3) is 7.98. The molecule has 25 heavy (non-hydrogen) atoms. The van der Waals surface area contributed by atoms with Crippen LogP contribution in [0.1, 0.15) is 57.8 Å². The van der Waals surface area contributed by atoms with Crippen LogP contribution in [-0.4, -0.2) is 46.3 Å². The van der Waals surface area contributed by atoms with E-state index in [-0.39, 0.29) is 24.7 Å². The summed E-state index contributed by atoms with van der Waals surface area (Å²) in [5.41, 5.74) is -0.0586. The molecule has 1 aromatic heterocycles. The lowest BCUT2D eigenvalue weighted by Crippen LogP contribution is -2.42. The molecule has 2 N–H and O–H groups in total. The number of ether oxygens (including phenoxy) is 2. The Labute approximate surface area is 148 Å². The molecule has 2 unspecified atom stereocenters. The molecule has 7 heteroatoms. The summed E-state index contributed by atoms with van der Waals surface area (Å²) in [4.78, 5) is 27.8. The molecule has 0 aliphatic heterocycles. The average Bonchev–Trinajstić information content (AvgIpc) is 2.52. The molecule has 1 aromatic rings. The van der Waals surface area contributed by atoms with Gasteiger partial charge in [-0.15, -0.1) is 0 Å². The second-order valence-electron chi connectivity index (χ2n) is 6.83. The number of amides is 1. The summed E-state index contributed by atoms with van der Waals surface area (Å²) in [7, 11) is 0. The normalized spacial score (nSPS) is 13.8. The van der Waals surface area contributed by atoms with Crippen LogP contribution in [-0.2, 0) is 9.53 Å². The van der Waals surface area contributed by atoms with E-state index < -0.39 is 17.9 Å². The minimum absolute atomic E-state index is 0.0212. The zero-order chi connectivity index (χ0) is 19.0. The van der Waals surface area contributed by atoms with Gasteiger partial charge in [-0.3, -0.25) is 4.79 Å². The van der Waals surface area contributed by atoms with Gasteiger partial charge in [-0.25, -0.2) is 9.78 Å². The topological polar surface area (TPSA) is 97.8 Å². The van der Waals surface area contributed by atoms with E-state index in [0.717, 1.165) is 6.42 Å². The van der Waals surface area contributed by atoms with E-state index in [0.29, 0.717) is 11.4 Å². The monoisotopic (exact) mass is 352 g/mol. The fourth-order valence-electron chi connectivity index (χ4n) is 1.89. The zero-order valence-corrected chi connectivity index (χ0v) is 15.5. The standard InChI is InChI=1S/C18H28N2O5/c1-6-12(2)25-15-11-13(7-9-19-15)16(21)20-14(17(22)23)8-10-24-18(3,4)5/h7,9,11-12,14H,6,8,10H2,1-5H3,(H,20,21)(H,22,23). The summed E-state index contributed by atoms with van der Waals surface area (Å²) in [5.74, 6) is -1.25. The number of nitrogens with one attached hydrogen (secondary N) is 1. The van der Waals surface area contributed by atoms with Gasteiger partial charge >= 0.3 is 5.97 Å². The lowest BCUT2D eigenvalue weighted by Gasteiger charge is -2.21. The Balaban J connectivity index is 2.70. The highest BCUT2D eigenvalue weighted by Crippen LogP contribution is 2.13. The fraction of sp³-hybridized carbons (Fsp3) is 0.611. The van der Waals surface area contributed by atoms with Crippen molar-refractivity contribution in [3.63, 3.8) is 0 Å². The van der Waals surface area contributed by atoms with Gasteiger partial charge in [-0.2, -0.15) is 0 Å². The van der Waals surface area contributed by atoms with Crippen LogP contribution in [0.25, 0.3) is 0 Å². The van der Waals surface area contributed by atoms with Gasteiger partial charge in [0.25, 0.3) is 5.91 Å². The lowest BCUT2D eigenvalue weighted by atomic mass is 10.1. The van der Waals surface area contributed by atoms with E-state index in [2.05, 4.69) is 10.3 Å². The zero-order valence-electron chi connectivity index (χ0n) is 15.5. The van der Waals surface area contributed by atoms with Crippen molar-refractivity contribution in [3.8, 4) is 5.88 Å². The van der Waals surface area contributed by atoms with Gasteiger partial charge in [0, 0.05) is 30.9 Å². The second-order valence-corrected chi connectivity index (χ2v) is 6.83. The van der Waals surface area contributed by atoms with Gasteiger partial charge in [0.1, 0.15) is 6.04 Å². The predicted octanol–water partition coefficient (Wildman–Crippen LogP) is 2.65. The first-order chi connectivity index (χ1) is 11.6. The van der Waals surface area contributed by atoms with E-state index in [1.165, 1.54) is 18.3 Å². The highest BCUT2D eigenvalue weighted by molar-refractivity contribution is 5.96. The number of carbonyl (C=O) groups excluding carboxylic acids is 1. The largest absolute Gasteiger partial charge is 0.480 e. The molecule has 0 aliphatic carbocycles. The molecule has 1 heterocycles. The number of nitrogens with zero attached hydrogens (tertiary/aromatic N) is 1. The van der Waals surface area contributed by atoms with E-state index in [9.17, 15) is 14.7 Å². The van der Waals surface area contributed by atoms with Crippen LogP contribution in [0.2, 0.25) is 0 Å². The minimum atomic E-state index is -1.10. The van der Waals surface area contributed by atoms with Gasteiger partial charge in [0.15, 0.2) is 0 Å². The second kappa shape index (κ2) is 9.36. The molecule has 1 amide bonds. The molecule has 0 aliphatic rings. The summed E-state index contributed by atoms with van der Waals surface area (Å²) < 4.78 is 11.1. The van der Waals surface area contributed by atoms with Crippen molar-refractivity contribution in [2.75, 3.05) is 6.61 Å². The van der Waals surface area contributed by atoms with Crippen molar-refractivity contribution in [1.29, 1.82) is 0 Å². The van der Waals surface area contributed by atoms with Crippen molar-refractivity contribution in [1.82, 2.24) is 10.3 Å². The maximum absolute atomic E-state index is 12.3. The van der Waals surface area contributed by atoms with Gasteiger partial charge in [0.05, 0.1) is 11.7 Å². The first-order valence-electron chi connectivity index (χ1n) is 8.42. The Hall–Kier alpha value is -2.15. The Morgan fingerprint density at radius 1 is 1.36 bits per heavy atom. The molecule has 0 spiro atoms. The minimum Gasteiger partial charge on any atom is -0.480 e. The number of rotatable bonds is 9. The quantitative estimate of drug-likeness (QED) is 0.709.